The van der Waals surface area contributed by atoms with E-state index in [0.29, 0.717) is 18.2 Å². The number of aryl methyl sites for hydroxylation is 1. The van der Waals surface area contributed by atoms with Gasteiger partial charge in [0.25, 0.3) is 5.95 Å². The van der Waals surface area contributed by atoms with Gasteiger partial charge in [-0.3, -0.25) is 0 Å². The van der Waals surface area contributed by atoms with Crippen molar-refractivity contribution < 1.29 is 9.47 Å². The molecular weight excluding hydrogens is 340 g/mol. The van der Waals surface area contributed by atoms with Crippen molar-refractivity contribution in [1.29, 1.82) is 0 Å². The van der Waals surface area contributed by atoms with Crippen molar-refractivity contribution in [3.8, 4) is 17.6 Å². The van der Waals surface area contributed by atoms with E-state index in [4.69, 9.17) is 9.47 Å². The first kappa shape index (κ1) is 18.9. The maximum absolute atomic E-state index is 5.98. The first-order valence-corrected chi connectivity index (χ1v) is 9.21. The second-order valence-electron chi connectivity index (χ2n) is 6.72. The van der Waals surface area contributed by atoms with Crippen LogP contribution in [0.4, 0.5) is 0 Å². The van der Waals surface area contributed by atoms with Gasteiger partial charge in [-0.2, -0.15) is 4.68 Å². The van der Waals surface area contributed by atoms with Gasteiger partial charge < -0.3 is 9.47 Å². The quantitative estimate of drug-likeness (QED) is 0.634. The van der Waals surface area contributed by atoms with Crippen LogP contribution >= 0.6 is 0 Å². The van der Waals surface area contributed by atoms with E-state index in [9.17, 15) is 0 Å². The van der Waals surface area contributed by atoms with E-state index in [1.807, 2.05) is 51.4 Å². The standard InChI is InChI=1S/C21H26N4O2/c1-6-16-12-22-21(23-13-16)25-15(4)19(20(24-25)27-14(2)3)11-17-8-7-9-18(10-17)26-5/h7-10,12-14H,6,11H2,1-5H3. The van der Waals surface area contributed by atoms with E-state index >= 15 is 0 Å². The fourth-order valence-corrected chi connectivity index (χ4v) is 2.85. The van der Waals surface area contributed by atoms with Crippen molar-refractivity contribution in [3.63, 3.8) is 0 Å². The molecule has 142 valence electrons. The maximum Gasteiger partial charge on any atom is 0.250 e. The molecule has 0 spiro atoms. The number of rotatable bonds is 7. The van der Waals surface area contributed by atoms with Gasteiger partial charge in [0.05, 0.1) is 18.9 Å². The minimum absolute atomic E-state index is 0.0280. The Morgan fingerprint density at radius 2 is 1.85 bits per heavy atom. The van der Waals surface area contributed by atoms with E-state index in [1.165, 1.54) is 0 Å². The fraction of sp³-hybridized carbons (Fsp3) is 0.381. The van der Waals surface area contributed by atoms with Crippen LogP contribution in [-0.2, 0) is 12.8 Å². The molecule has 0 aliphatic heterocycles. The van der Waals surface area contributed by atoms with Gasteiger partial charge in [-0.15, -0.1) is 5.10 Å². The number of aromatic nitrogens is 4. The molecule has 27 heavy (non-hydrogen) atoms. The molecule has 2 aromatic heterocycles. The lowest BCUT2D eigenvalue weighted by Gasteiger charge is -2.10. The van der Waals surface area contributed by atoms with Gasteiger partial charge in [0, 0.05) is 24.4 Å². The summed E-state index contributed by atoms with van der Waals surface area (Å²) in [6.07, 6.45) is 5.31. The first-order valence-electron chi connectivity index (χ1n) is 9.21. The molecule has 6 heteroatoms. The summed E-state index contributed by atoms with van der Waals surface area (Å²) in [6, 6.07) is 8.03. The normalized spacial score (nSPS) is 11.0. The molecule has 3 rings (SSSR count). The van der Waals surface area contributed by atoms with Crippen molar-refractivity contribution in [2.45, 2.75) is 46.6 Å². The van der Waals surface area contributed by atoms with Crippen LogP contribution < -0.4 is 9.47 Å². The molecular formula is C21H26N4O2. The molecule has 3 aromatic rings. The van der Waals surface area contributed by atoms with E-state index in [0.717, 1.165) is 34.6 Å². The van der Waals surface area contributed by atoms with Crippen LogP contribution in [0.15, 0.2) is 36.7 Å². The molecule has 0 atom stereocenters. The Kier molecular flexibility index (Phi) is 5.74. The Hall–Kier alpha value is -2.89. The highest BCUT2D eigenvalue weighted by atomic mass is 16.5. The zero-order valence-corrected chi connectivity index (χ0v) is 16.6. The average Bonchev–Trinajstić information content (AvgIpc) is 2.97. The number of nitrogens with zero attached hydrogens (tertiary/aromatic N) is 4. The SMILES string of the molecule is CCc1cnc(-n2nc(OC(C)C)c(Cc3cccc(OC)c3)c2C)nc1. The largest absolute Gasteiger partial charge is 0.497 e. The smallest absolute Gasteiger partial charge is 0.250 e. The van der Waals surface area contributed by atoms with Crippen molar-refractivity contribution >= 4 is 0 Å². The van der Waals surface area contributed by atoms with Crippen LogP contribution in [0.5, 0.6) is 11.6 Å². The fourth-order valence-electron chi connectivity index (χ4n) is 2.85. The Balaban J connectivity index is 2.01. The highest BCUT2D eigenvalue weighted by Crippen LogP contribution is 2.27. The van der Waals surface area contributed by atoms with Gasteiger partial charge in [0.1, 0.15) is 5.75 Å². The van der Waals surface area contributed by atoms with Crippen LogP contribution in [0.25, 0.3) is 5.95 Å². The van der Waals surface area contributed by atoms with Gasteiger partial charge in [0.15, 0.2) is 0 Å². The van der Waals surface area contributed by atoms with Gasteiger partial charge >= 0.3 is 0 Å². The minimum Gasteiger partial charge on any atom is -0.497 e. The summed E-state index contributed by atoms with van der Waals surface area (Å²) in [4.78, 5) is 8.92. The summed E-state index contributed by atoms with van der Waals surface area (Å²) in [5.74, 6) is 2.01. The molecule has 0 amide bonds. The van der Waals surface area contributed by atoms with E-state index in [1.54, 1.807) is 11.8 Å². The third kappa shape index (κ3) is 4.27. The van der Waals surface area contributed by atoms with Crippen molar-refractivity contribution in [3.05, 3.63) is 59.0 Å². The lowest BCUT2D eigenvalue weighted by Crippen LogP contribution is -2.08. The van der Waals surface area contributed by atoms with Crippen LogP contribution in [-0.4, -0.2) is 33.0 Å². The predicted octanol–water partition coefficient (Wildman–Crippen LogP) is 3.92. The summed E-state index contributed by atoms with van der Waals surface area (Å²) in [5, 5.41) is 4.65. The predicted molar refractivity (Wildman–Crippen MR) is 105 cm³/mol. The van der Waals surface area contributed by atoms with Crippen molar-refractivity contribution in [1.82, 2.24) is 19.7 Å². The maximum atomic E-state index is 5.98. The third-order valence-corrected chi connectivity index (χ3v) is 4.36. The zero-order valence-electron chi connectivity index (χ0n) is 16.6. The van der Waals surface area contributed by atoms with Crippen LogP contribution in [0.1, 0.15) is 43.2 Å². The second kappa shape index (κ2) is 8.20. The molecule has 0 N–H and O–H groups in total. The van der Waals surface area contributed by atoms with Crippen LogP contribution in [0.2, 0.25) is 0 Å². The minimum atomic E-state index is 0.0280. The number of hydrogen-bond acceptors (Lipinski definition) is 5. The molecule has 0 fully saturated rings. The molecule has 0 aliphatic rings. The Labute approximate surface area is 160 Å². The number of methoxy groups -OCH3 is 1. The Morgan fingerprint density at radius 3 is 2.48 bits per heavy atom. The summed E-state index contributed by atoms with van der Waals surface area (Å²) >= 11 is 0. The van der Waals surface area contributed by atoms with Crippen LogP contribution in [0.3, 0.4) is 0 Å². The van der Waals surface area contributed by atoms with Gasteiger partial charge in [-0.1, -0.05) is 19.1 Å². The molecule has 2 heterocycles. The van der Waals surface area contributed by atoms with E-state index in [-0.39, 0.29) is 6.10 Å². The first-order chi connectivity index (χ1) is 13.0. The molecule has 0 saturated carbocycles. The summed E-state index contributed by atoms with van der Waals surface area (Å²) in [6.45, 7) is 8.09. The van der Waals surface area contributed by atoms with Crippen molar-refractivity contribution in [2.75, 3.05) is 7.11 Å². The number of benzene rings is 1. The summed E-state index contributed by atoms with van der Waals surface area (Å²) in [5.41, 5.74) is 4.23. The van der Waals surface area contributed by atoms with E-state index < -0.39 is 0 Å². The monoisotopic (exact) mass is 366 g/mol. The Morgan fingerprint density at radius 1 is 1.11 bits per heavy atom. The lowest BCUT2D eigenvalue weighted by molar-refractivity contribution is 0.229. The number of hydrogen-bond donors (Lipinski definition) is 0. The average molecular weight is 366 g/mol. The molecule has 0 radical (unpaired) electrons. The van der Waals surface area contributed by atoms with Crippen molar-refractivity contribution in [2.24, 2.45) is 0 Å². The molecule has 0 aliphatic carbocycles. The Bertz CT molecular complexity index is 901. The summed E-state index contributed by atoms with van der Waals surface area (Å²) in [7, 11) is 1.67. The topological polar surface area (TPSA) is 62.1 Å². The third-order valence-electron chi connectivity index (χ3n) is 4.36. The molecule has 1 aromatic carbocycles. The number of ether oxygens (including phenoxy) is 2. The molecule has 0 bridgehead atoms. The van der Waals surface area contributed by atoms with Gasteiger partial charge in [0.2, 0.25) is 5.88 Å². The van der Waals surface area contributed by atoms with Gasteiger partial charge in [-0.25, -0.2) is 9.97 Å². The molecule has 0 unspecified atom stereocenters. The van der Waals surface area contributed by atoms with E-state index in [2.05, 4.69) is 28.1 Å². The second-order valence-corrected chi connectivity index (χ2v) is 6.72. The molecule has 0 saturated heterocycles. The highest BCUT2D eigenvalue weighted by molar-refractivity contribution is 5.40. The van der Waals surface area contributed by atoms with Gasteiger partial charge in [-0.05, 0) is 50.5 Å². The highest BCUT2D eigenvalue weighted by Gasteiger charge is 2.20. The zero-order chi connectivity index (χ0) is 19.4. The van der Waals surface area contributed by atoms with Crippen LogP contribution in [0, 0.1) is 6.92 Å². The lowest BCUT2D eigenvalue weighted by atomic mass is 10.1. The summed E-state index contributed by atoms with van der Waals surface area (Å²) < 4.78 is 13.1. The molecule has 6 nitrogen and oxygen atoms in total.